The Kier molecular flexibility index (Phi) is 1.88. The van der Waals surface area contributed by atoms with Gasteiger partial charge in [-0.05, 0) is 24.0 Å². The number of hydrogen-bond donors (Lipinski definition) is 0. The van der Waals surface area contributed by atoms with Crippen LogP contribution < -0.4 is 0 Å². The highest BCUT2D eigenvalue weighted by molar-refractivity contribution is 7.09. The maximum atomic E-state index is 4.40. The van der Waals surface area contributed by atoms with E-state index in [1.54, 1.807) is 11.3 Å². The first-order valence-electron chi connectivity index (χ1n) is 4.89. The lowest BCUT2D eigenvalue weighted by atomic mass is 10.1. The van der Waals surface area contributed by atoms with Crippen LogP contribution in [0.1, 0.15) is 22.1 Å². The number of nitrogens with zero attached hydrogens (tertiary/aromatic N) is 1. The van der Waals surface area contributed by atoms with Gasteiger partial charge in [0.1, 0.15) is 0 Å². The fourth-order valence-electron chi connectivity index (χ4n) is 2.17. The molecule has 3 rings (SSSR count). The summed E-state index contributed by atoms with van der Waals surface area (Å²) in [5.41, 5.74) is 3.01. The van der Waals surface area contributed by atoms with Crippen molar-refractivity contribution in [1.29, 1.82) is 0 Å². The van der Waals surface area contributed by atoms with Gasteiger partial charge >= 0.3 is 0 Å². The van der Waals surface area contributed by atoms with Crippen LogP contribution in [-0.2, 0) is 12.8 Å². The first-order valence-corrected chi connectivity index (χ1v) is 5.77. The smallest absolute Gasteiger partial charge is 0.0962 e. The molecule has 0 atom stereocenters. The normalized spacial score (nSPS) is 15.7. The van der Waals surface area contributed by atoms with Crippen LogP contribution in [0.15, 0.2) is 35.8 Å². The van der Waals surface area contributed by atoms with Crippen molar-refractivity contribution in [3.05, 3.63) is 52.0 Å². The lowest BCUT2D eigenvalue weighted by Crippen LogP contribution is -1.96. The van der Waals surface area contributed by atoms with Gasteiger partial charge in [0.05, 0.1) is 5.01 Å². The molecule has 0 radical (unpaired) electrons. The van der Waals surface area contributed by atoms with Crippen LogP contribution in [0, 0.1) is 0 Å². The highest BCUT2D eigenvalue weighted by atomic mass is 32.1. The Balaban J connectivity index is 1.92. The van der Waals surface area contributed by atoms with Crippen molar-refractivity contribution in [3.63, 3.8) is 0 Å². The maximum absolute atomic E-state index is 4.40. The van der Waals surface area contributed by atoms with Gasteiger partial charge in [-0.25, -0.2) is 4.98 Å². The first kappa shape index (κ1) is 8.18. The summed E-state index contributed by atoms with van der Waals surface area (Å²) in [6.07, 6.45) is 4.25. The van der Waals surface area contributed by atoms with Crippen molar-refractivity contribution in [3.8, 4) is 0 Å². The van der Waals surface area contributed by atoms with E-state index in [2.05, 4.69) is 34.6 Å². The highest BCUT2D eigenvalue weighted by Crippen LogP contribution is 2.34. The molecule has 2 heteroatoms. The molecule has 0 bridgehead atoms. The Morgan fingerprint density at radius 1 is 1.14 bits per heavy atom. The van der Waals surface area contributed by atoms with E-state index in [0.717, 1.165) is 0 Å². The van der Waals surface area contributed by atoms with Crippen molar-refractivity contribution < 1.29 is 0 Å². The molecule has 0 N–H and O–H groups in total. The molecule has 1 aliphatic carbocycles. The molecule has 1 aliphatic rings. The number of rotatable bonds is 1. The molecule has 14 heavy (non-hydrogen) atoms. The fourth-order valence-corrected chi connectivity index (χ4v) is 2.91. The molecule has 0 saturated heterocycles. The van der Waals surface area contributed by atoms with Gasteiger partial charge < -0.3 is 0 Å². The number of benzene rings is 1. The summed E-state index contributed by atoms with van der Waals surface area (Å²) in [5, 5.41) is 3.36. The predicted molar refractivity (Wildman–Crippen MR) is 58.7 cm³/mol. The summed E-state index contributed by atoms with van der Waals surface area (Å²) in [6, 6.07) is 8.73. The van der Waals surface area contributed by atoms with E-state index in [9.17, 15) is 0 Å². The summed E-state index contributed by atoms with van der Waals surface area (Å²) in [6.45, 7) is 0. The third-order valence-electron chi connectivity index (χ3n) is 2.85. The number of hydrogen-bond acceptors (Lipinski definition) is 2. The minimum absolute atomic E-state index is 0.632. The Morgan fingerprint density at radius 2 is 1.86 bits per heavy atom. The summed E-state index contributed by atoms with van der Waals surface area (Å²) in [4.78, 5) is 4.40. The molecule has 0 saturated carbocycles. The van der Waals surface area contributed by atoms with Crippen molar-refractivity contribution in [2.45, 2.75) is 18.8 Å². The molecular formula is C12H11NS. The molecule has 1 aromatic carbocycles. The average molecular weight is 201 g/mol. The quantitative estimate of drug-likeness (QED) is 0.691. The van der Waals surface area contributed by atoms with Crippen LogP contribution >= 0.6 is 11.3 Å². The second-order valence-electron chi connectivity index (χ2n) is 3.74. The Hall–Kier alpha value is -1.15. The van der Waals surface area contributed by atoms with Crippen molar-refractivity contribution in [1.82, 2.24) is 4.98 Å². The molecular weight excluding hydrogens is 190 g/mol. The van der Waals surface area contributed by atoms with E-state index in [4.69, 9.17) is 0 Å². The average Bonchev–Trinajstić information content (AvgIpc) is 2.86. The van der Waals surface area contributed by atoms with E-state index in [1.165, 1.54) is 29.0 Å². The van der Waals surface area contributed by atoms with E-state index < -0.39 is 0 Å². The Morgan fingerprint density at radius 3 is 2.43 bits per heavy atom. The predicted octanol–water partition coefficient (Wildman–Crippen LogP) is 3.03. The second-order valence-corrected chi connectivity index (χ2v) is 4.67. The molecule has 0 spiro atoms. The lowest BCUT2D eigenvalue weighted by molar-refractivity contribution is 0.734. The zero-order valence-electron chi connectivity index (χ0n) is 7.81. The van der Waals surface area contributed by atoms with Gasteiger partial charge in [-0.15, -0.1) is 11.3 Å². The second kappa shape index (κ2) is 3.21. The minimum atomic E-state index is 0.632. The van der Waals surface area contributed by atoms with Gasteiger partial charge in [-0.2, -0.15) is 0 Å². The maximum Gasteiger partial charge on any atom is 0.0962 e. The SMILES string of the molecule is c1ccc2c(c1)CC(c1nccs1)C2. The fraction of sp³-hybridized carbons (Fsp3) is 0.250. The lowest BCUT2D eigenvalue weighted by Gasteiger charge is -2.02. The van der Waals surface area contributed by atoms with Crippen LogP contribution in [0.25, 0.3) is 0 Å². The topological polar surface area (TPSA) is 12.9 Å². The Labute approximate surface area is 87.4 Å². The third-order valence-corrected chi connectivity index (χ3v) is 3.79. The van der Waals surface area contributed by atoms with E-state index in [-0.39, 0.29) is 0 Å². The molecule has 2 aromatic rings. The molecule has 0 unspecified atom stereocenters. The molecule has 1 heterocycles. The monoisotopic (exact) mass is 201 g/mol. The Bertz CT molecular complexity index is 408. The van der Waals surface area contributed by atoms with E-state index in [0.29, 0.717) is 5.92 Å². The molecule has 0 fully saturated rings. The standard InChI is InChI=1S/C12H11NS/c1-2-4-10-8-11(7-9(10)3-1)12-13-5-6-14-12/h1-6,11H,7-8H2. The van der Waals surface area contributed by atoms with Crippen LogP contribution in [0.2, 0.25) is 0 Å². The first-order chi connectivity index (χ1) is 6.93. The van der Waals surface area contributed by atoms with Crippen LogP contribution in [-0.4, -0.2) is 4.98 Å². The van der Waals surface area contributed by atoms with Gasteiger partial charge in [0, 0.05) is 17.5 Å². The van der Waals surface area contributed by atoms with Gasteiger partial charge in [0.2, 0.25) is 0 Å². The minimum Gasteiger partial charge on any atom is -0.249 e. The van der Waals surface area contributed by atoms with E-state index >= 15 is 0 Å². The summed E-state index contributed by atoms with van der Waals surface area (Å²) in [7, 11) is 0. The van der Waals surface area contributed by atoms with Gasteiger partial charge in [0.25, 0.3) is 0 Å². The molecule has 1 aromatic heterocycles. The molecule has 1 nitrogen and oxygen atoms in total. The number of thiazole rings is 1. The highest BCUT2D eigenvalue weighted by Gasteiger charge is 2.23. The van der Waals surface area contributed by atoms with Crippen LogP contribution in [0.5, 0.6) is 0 Å². The zero-order valence-corrected chi connectivity index (χ0v) is 8.63. The largest absolute Gasteiger partial charge is 0.249 e. The molecule has 70 valence electrons. The van der Waals surface area contributed by atoms with Crippen LogP contribution in [0.4, 0.5) is 0 Å². The van der Waals surface area contributed by atoms with Crippen LogP contribution in [0.3, 0.4) is 0 Å². The number of fused-ring (bicyclic) bond motifs is 1. The van der Waals surface area contributed by atoms with Crippen molar-refractivity contribution >= 4 is 11.3 Å². The summed E-state index contributed by atoms with van der Waals surface area (Å²) >= 11 is 1.78. The van der Waals surface area contributed by atoms with Gasteiger partial charge in [-0.1, -0.05) is 24.3 Å². The molecule has 0 aliphatic heterocycles. The van der Waals surface area contributed by atoms with Gasteiger partial charge in [-0.3, -0.25) is 0 Å². The summed E-state index contributed by atoms with van der Waals surface area (Å²) < 4.78 is 0. The third kappa shape index (κ3) is 1.26. The van der Waals surface area contributed by atoms with E-state index in [1.807, 2.05) is 6.20 Å². The zero-order chi connectivity index (χ0) is 9.38. The van der Waals surface area contributed by atoms with Crippen molar-refractivity contribution in [2.75, 3.05) is 0 Å². The van der Waals surface area contributed by atoms with Gasteiger partial charge in [0.15, 0.2) is 0 Å². The summed E-state index contributed by atoms with van der Waals surface area (Å²) in [5.74, 6) is 0.632. The molecule has 0 amide bonds. The van der Waals surface area contributed by atoms with Crippen molar-refractivity contribution in [2.24, 2.45) is 0 Å². The number of aromatic nitrogens is 1.